The summed E-state index contributed by atoms with van der Waals surface area (Å²) in [6.07, 6.45) is 0. The van der Waals surface area contributed by atoms with Crippen LogP contribution >= 0.6 is 0 Å². The fourth-order valence-electron chi connectivity index (χ4n) is 0.789. The summed E-state index contributed by atoms with van der Waals surface area (Å²) in [4.78, 5) is 0. The summed E-state index contributed by atoms with van der Waals surface area (Å²) < 4.78 is 17.3. The van der Waals surface area contributed by atoms with Gasteiger partial charge in [-0.1, -0.05) is 12.1 Å². The maximum Gasteiger partial charge on any atom is 0.231 e. The highest BCUT2D eigenvalue weighted by molar-refractivity contribution is 5.40. The fraction of sp³-hybridized carbons (Fsp3) is 0.143. The maximum absolute atomic E-state index is 7.23. The van der Waals surface area contributed by atoms with Crippen molar-refractivity contribution < 1.29 is 10.8 Å². The van der Waals surface area contributed by atoms with Gasteiger partial charge in [-0.2, -0.15) is 0 Å². The Labute approximate surface area is 54.4 Å². The predicted octanol–water partition coefficient (Wildman–Crippen LogP) is 1.42. The molecule has 0 saturated heterocycles. The van der Waals surface area contributed by atoms with Crippen LogP contribution in [0.5, 0.6) is 11.5 Å². The third kappa shape index (κ3) is 0.633. The zero-order valence-corrected chi connectivity index (χ0v) is 4.76. The van der Waals surface area contributed by atoms with Gasteiger partial charge in [0.2, 0.25) is 6.79 Å². The largest absolute Gasteiger partial charge is 0.454 e. The van der Waals surface area contributed by atoms with Crippen molar-refractivity contribution in [2.45, 2.75) is 0 Å². The zero-order chi connectivity index (χ0) is 6.97. The van der Waals surface area contributed by atoms with Crippen molar-refractivity contribution in [3.8, 4) is 11.5 Å². The lowest BCUT2D eigenvalue weighted by atomic mass is 10.3. The van der Waals surface area contributed by atoms with Crippen LogP contribution in [0.4, 0.5) is 0 Å². The van der Waals surface area contributed by atoms with Gasteiger partial charge in [-0.3, -0.25) is 0 Å². The number of rotatable bonds is 0. The molecule has 9 heavy (non-hydrogen) atoms. The molecular weight excluding hydrogens is 116 g/mol. The topological polar surface area (TPSA) is 18.5 Å². The van der Waals surface area contributed by atoms with Gasteiger partial charge in [-0.05, 0) is 12.1 Å². The Kier molecular flexibility index (Phi) is 0.693. The van der Waals surface area contributed by atoms with Gasteiger partial charge in [0.15, 0.2) is 11.5 Å². The molecule has 0 saturated carbocycles. The second-order valence-electron chi connectivity index (χ2n) is 1.78. The number of benzene rings is 1. The summed E-state index contributed by atoms with van der Waals surface area (Å²) in [5.41, 5.74) is 0. The van der Waals surface area contributed by atoms with E-state index < -0.39 is 0 Å². The highest BCUT2D eigenvalue weighted by atomic mass is 16.7. The highest BCUT2D eigenvalue weighted by Crippen LogP contribution is 2.30. The quantitative estimate of drug-likeness (QED) is 0.519. The predicted molar refractivity (Wildman–Crippen MR) is 32.6 cm³/mol. The first-order valence-corrected chi connectivity index (χ1v) is 2.72. The van der Waals surface area contributed by atoms with E-state index in [2.05, 4.69) is 0 Å². The molecule has 0 unspecified atom stereocenters. The molecule has 46 valence electrons. The summed E-state index contributed by atoms with van der Waals surface area (Å²) >= 11 is 0. The number of fused-ring (bicyclic) bond motifs is 1. The van der Waals surface area contributed by atoms with Crippen LogP contribution in [0.2, 0.25) is 0 Å². The molecule has 2 nitrogen and oxygen atoms in total. The number of hydrogen-bond acceptors (Lipinski definition) is 2. The van der Waals surface area contributed by atoms with E-state index in [1.165, 1.54) is 0 Å². The lowest BCUT2D eigenvalue weighted by Crippen LogP contribution is -1.92. The Hall–Kier alpha value is -1.18. The van der Waals surface area contributed by atoms with Gasteiger partial charge in [0.1, 0.15) is 0 Å². The molecule has 0 spiro atoms. The zero-order valence-electron chi connectivity index (χ0n) is 5.76. The van der Waals surface area contributed by atoms with Gasteiger partial charge in [0.05, 0.1) is 1.37 Å². The maximum atomic E-state index is 7.23. The third-order valence-corrected chi connectivity index (χ3v) is 1.22. The van der Waals surface area contributed by atoms with Crippen molar-refractivity contribution in [1.29, 1.82) is 0 Å². The standard InChI is InChI=1S/C7H6O2/c1-2-4-7-6(3-1)8-5-9-7/h1-4H,5H2/i1D. The molecule has 0 aliphatic carbocycles. The average molecular weight is 123 g/mol. The Balaban J connectivity index is 2.52. The van der Waals surface area contributed by atoms with E-state index in [0.29, 0.717) is 11.8 Å². The summed E-state index contributed by atoms with van der Waals surface area (Å²) in [5, 5.41) is 0. The molecular formula is C7H6O2. The van der Waals surface area contributed by atoms with E-state index in [4.69, 9.17) is 10.8 Å². The number of hydrogen-bond donors (Lipinski definition) is 0. The first-order valence-electron chi connectivity index (χ1n) is 3.22. The molecule has 1 aliphatic heterocycles. The fourth-order valence-corrected chi connectivity index (χ4v) is 0.789. The smallest absolute Gasteiger partial charge is 0.231 e. The van der Waals surface area contributed by atoms with Crippen molar-refractivity contribution in [2.24, 2.45) is 0 Å². The van der Waals surface area contributed by atoms with E-state index in [9.17, 15) is 0 Å². The second kappa shape index (κ2) is 1.65. The minimum Gasteiger partial charge on any atom is -0.454 e. The second-order valence-corrected chi connectivity index (χ2v) is 1.78. The monoisotopic (exact) mass is 123 g/mol. The van der Waals surface area contributed by atoms with Crippen LogP contribution in [0.1, 0.15) is 1.37 Å². The van der Waals surface area contributed by atoms with Gasteiger partial charge < -0.3 is 9.47 Å². The average Bonchev–Trinajstić information content (AvgIpc) is 2.33. The number of ether oxygens (including phenoxy) is 2. The summed E-state index contributed by atoms with van der Waals surface area (Å²) in [6, 6.07) is 5.50. The molecule has 0 N–H and O–H groups in total. The molecule has 0 bridgehead atoms. The van der Waals surface area contributed by atoms with Crippen LogP contribution in [0.25, 0.3) is 0 Å². The van der Waals surface area contributed by atoms with Crippen LogP contribution in [-0.4, -0.2) is 6.79 Å². The van der Waals surface area contributed by atoms with Crippen LogP contribution in [0.15, 0.2) is 24.2 Å². The van der Waals surface area contributed by atoms with E-state index in [1.807, 2.05) is 0 Å². The molecule has 0 aromatic heterocycles. The first kappa shape index (κ1) is 3.77. The van der Waals surface area contributed by atoms with Crippen LogP contribution in [-0.2, 0) is 0 Å². The van der Waals surface area contributed by atoms with Crippen molar-refractivity contribution in [3.05, 3.63) is 24.2 Å². The SMILES string of the molecule is [2H]c1ccc2c(c1)OCO2. The summed E-state index contributed by atoms with van der Waals surface area (Å²) in [6.45, 7) is 0.277. The summed E-state index contributed by atoms with van der Waals surface area (Å²) in [5.74, 6) is 1.41. The molecule has 0 atom stereocenters. The van der Waals surface area contributed by atoms with Crippen molar-refractivity contribution in [2.75, 3.05) is 6.79 Å². The van der Waals surface area contributed by atoms with Gasteiger partial charge >= 0.3 is 0 Å². The van der Waals surface area contributed by atoms with Gasteiger partial charge in [-0.15, -0.1) is 0 Å². The van der Waals surface area contributed by atoms with Crippen molar-refractivity contribution in [3.63, 3.8) is 0 Å². The molecule has 0 amide bonds. The van der Waals surface area contributed by atoms with E-state index in [0.717, 1.165) is 5.75 Å². The Bertz CT molecular complexity index is 260. The Morgan fingerprint density at radius 3 is 3.00 bits per heavy atom. The van der Waals surface area contributed by atoms with E-state index >= 15 is 0 Å². The highest BCUT2D eigenvalue weighted by Gasteiger charge is 2.09. The molecule has 0 radical (unpaired) electrons. The molecule has 1 aliphatic rings. The lowest BCUT2D eigenvalue weighted by molar-refractivity contribution is 0.174. The minimum absolute atomic E-state index is 0.277. The molecule has 1 heterocycles. The molecule has 2 rings (SSSR count). The van der Waals surface area contributed by atoms with Crippen LogP contribution < -0.4 is 9.47 Å². The van der Waals surface area contributed by atoms with E-state index in [-0.39, 0.29) is 6.79 Å². The van der Waals surface area contributed by atoms with Crippen LogP contribution in [0.3, 0.4) is 0 Å². The third-order valence-electron chi connectivity index (χ3n) is 1.22. The van der Waals surface area contributed by atoms with Gasteiger partial charge in [0, 0.05) is 0 Å². The van der Waals surface area contributed by atoms with Crippen molar-refractivity contribution in [1.82, 2.24) is 0 Å². The molecule has 2 heteroatoms. The summed E-state index contributed by atoms with van der Waals surface area (Å²) in [7, 11) is 0. The van der Waals surface area contributed by atoms with Gasteiger partial charge in [-0.25, -0.2) is 0 Å². The molecule has 0 fully saturated rings. The molecule has 1 aromatic carbocycles. The normalized spacial score (nSPS) is 15.3. The lowest BCUT2D eigenvalue weighted by Gasteiger charge is -1.89. The first-order chi connectivity index (χ1) is 4.86. The van der Waals surface area contributed by atoms with Crippen LogP contribution in [0, 0.1) is 0 Å². The van der Waals surface area contributed by atoms with Gasteiger partial charge in [0.25, 0.3) is 0 Å². The Morgan fingerprint density at radius 2 is 2.11 bits per heavy atom. The number of para-hydroxylation sites is 2. The molecule has 1 aromatic rings. The Morgan fingerprint density at radius 1 is 1.33 bits per heavy atom. The van der Waals surface area contributed by atoms with Crippen molar-refractivity contribution >= 4 is 0 Å². The van der Waals surface area contributed by atoms with E-state index in [1.54, 1.807) is 18.2 Å². The minimum atomic E-state index is 0.277.